The maximum absolute atomic E-state index is 4.20. The predicted molar refractivity (Wildman–Crippen MR) is 54.2 cm³/mol. The highest BCUT2D eigenvalue weighted by Crippen LogP contribution is 2.19. The van der Waals surface area contributed by atoms with Crippen LogP contribution in [0.25, 0.3) is 0 Å². The summed E-state index contributed by atoms with van der Waals surface area (Å²) in [6, 6.07) is 0.684. The van der Waals surface area contributed by atoms with Gasteiger partial charge in [0.05, 0.1) is 0 Å². The van der Waals surface area contributed by atoms with E-state index >= 15 is 0 Å². The second-order valence-corrected chi connectivity index (χ2v) is 4.03. The van der Waals surface area contributed by atoms with Gasteiger partial charge >= 0.3 is 0 Å². The molecular weight excluding hydrogens is 184 g/mol. The molecule has 0 aromatic carbocycles. The molecule has 0 bridgehead atoms. The molecule has 0 aliphatic carbocycles. The van der Waals surface area contributed by atoms with E-state index in [0.717, 1.165) is 18.2 Å². The van der Waals surface area contributed by atoms with Crippen LogP contribution in [0.3, 0.4) is 0 Å². The molecular formula is C8H14N4S. The zero-order chi connectivity index (χ0) is 9.10. The molecule has 13 heavy (non-hydrogen) atoms. The lowest BCUT2D eigenvalue weighted by molar-refractivity contribution is 0.442. The van der Waals surface area contributed by atoms with Gasteiger partial charge in [0.15, 0.2) is 0 Å². The van der Waals surface area contributed by atoms with Gasteiger partial charge in [-0.05, 0) is 19.9 Å². The Hall–Kier alpha value is -0.680. The van der Waals surface area contributed by atoms with E-state index in [2.05, 4.69) is 19.6 Å². The summed E-state index contributed by atoms with van der Waals surface area (Å²) in [5.41, 5.74) is 0. The summed E-state index contributed by atoms with van der Waals surface area (Å²) in [7, 11) is 2.03. The Morgan fingerprint density at radius 2 is 2.31 bits per heavy atom. The summed E-state index contributed by atoms with van der Waals surface area (Å²) in [5, 5.41) is 4.37. The fourth-order valence-corrected chi connectivity index (χ4v) is 2.25. The molecule has 5 heteroatoms. The van der Waals surface area contributed by atoms with Crippen molar-refractivity contribution in [3.8, 4) is 0 Å². The lowest BCUT2D eigenvalue weighted by Crippen LogP contribution is -2.41. The van der Waals surface area contributed by atoms with Crippen LogP contribution in [-0.4, -0.2) is 35.5 Å². The number of hydrogen-bond acceptors (Lipinski definition) is 5. The molecule has 0 unspecified atom stereocenters. The van der Waals surface area contributed by atoms with Crippen LogP contribution in [0.4, 0.5) is 5.13 Å². The fourth-order valence-electron chi connectivity index (χ4n) is 1.67. The third kappa shape index (κ3) is 1.97. The summed E-state index contributed by atoms with van der Waals surface area (Å²) in [6.07, 6.45) is 4.04. The summed E-state index contributed by atoms with van der Waals surface area (Å²) in [6.45, 7) is 2.20. The Kier molecular flexibility index (Phi) is 2.75. The molecule has 0 atom stereocenters. The Balaban J connectivity index is 1.92. The Morgan fingerprint density at radius 1 is 1.54 bits per heavy atom. The van der Waals surface area contributed by atoms with Crippen molar-refractivity contribution in [2.45, 2.75) is 18.9 Å². The second kappa shape index (κ2) is 4.02. The third-order valence-electron chi connectivity index (χ3n) is 2.52. The predicted octanol–water partition coefficient (Wildman–Crippen LogP) is 0.726. The van der Waals surface area contributed by atoms with Crippen LogP contribution in [-0.2, 0) is 0 Å². The minimum absolute atomic E-state index is 0.684. The number of aromatic nitrogens is 2. The smallest absolute Gasteiger partial charge is 0.204 e. The van der Waals surface area contributed by atoms with E-state index in [0.29, 0.717) is 6.04 Å². The van der Waals surface area contributed by atoms with Crippen molar-refractivity contribution in [3.05, 3.63) is 6.33 Å². The monoisotopic (exact) mass is 198 g/mol. The van der Waals surface area contributed by atoms with Crippen molar-refractivity contribution in [2.75, 3.05) is 25.0 Å². The Bertz CT molecular complexity index is 241. The van der Waals surface area contributed by atoms with Gasteiger partial charge in [-0.15, -0.1) is 0 Å². The van der Waals surface area contributed by atoms with E-state index in [-0.39, 0.29) is 0 Å². The normalized spacial score (nSPS) is 19.3. The molecule has 0 amide bonds. The Morgan fingerprint density at radius 3 is 2.85 bits per heavy atom. The first-order valence-electron chi connectivity index (χ1n) is 4.59. The standard InChI is InChI=1S/C8H14N4S/c1-9-7-2-4-12(5-3-7)8-10-6-11-13-8/h6-7,9H,2-5H2,1H3. The zero-order valence-corrected chi connectivity index (χ0v) is 8.55. The number of piperidine rings is 1. The lowest BCUT2D eigenvalue weighted by atomic mass is 10.1. The average Bonchev–Trinajstić information content (AvgIpc) is 2.71. The second-order valence-electron chi connectivity index (χ2n) is 3.27. The molecule has 0 saturated carbocycles. The molecule has 1 fully saturated rings. The lowest BCUT2D eigenvalue weighted by Gasteiger charge is -2.31. The number of hydrogen-bond donors (Lipinski definition) is 1. The largest absolute Gasteiger partial charge is 0.347 e. The van der Waals surface area contributed by atoms with Crippen LogP contribution in [0.15, 0.2) is 6.33 Å². The van der Waals surface area contributed by atoms with Gasteiger partial charge < -0.3 is 10.2 Å². The van der Waals surface area contributed by atoms with Gasteiger partial charge in [-0.3, -0.25) is 0 Å². The molecule has 2 rings (SSSR count). The van der Waals surface area contributed by atoms with Crippen molar-refractivity contribution in [3.63, 3.8) is 0 Å². The fraction of sp³-hybridized carbons (Fsp3) is 0.750. The number of nitrogens with one attached hydrogen (secondary N) is 1. The van der Waals surface area contributed by atoms with E-state index in [1.54, 1.807) is 6.33 Å². The van der Waals surface area contributed by atoms with E-state index in [4.69, 9.17) is 0 Å². The first kappa shape index (κ1) is 8.90. The average molecular weight is 198 g/mol. The van der Waals surface area contributed by atoms with Crippen molar-refractivity contribution in [2.24, 2.45) is 0 Å². The number of anilines is 1. The minimum atomic E-state index is 0.684. The van der Waals surface area contributed by atoms with Crippen molar-refractivity contribution >= 4 is 16.7 Å². The number of nitrogens with zero attached hydrogens (tertiary/aromatic N) is 3. The van der Waals surface area contributed by atoms with Gasteiger partial charge in [0.2, 0.25) is 5.13 Å². The molecule has 2 heterocycles. The SMILES string of the molecule is CNC1CCN(c2ncns2)CC1. The summed E-state index contributed by atoms with van der Waals surface area (Å²) in [4.78, 5) is 6.51. The van der Waals surface area contributed by atoms with Crippen LogP contribution in [0.1, 0.15) is 12.8 Å². The van der Waals surface area contributed by atoms with E-state index in [1.165, 1.54) is 24.4 Å². The molecule has 1 saturated heterocycles. The molecule has 72 valence electrons. The van der Waals surface area contributed by atoms with Crippen LogP contribution >= 0.6 is 11.5 Å². The molecule has 0 radical (unpaired) electrons. The summed E-state index contributed by atoms with van der Waals surface area (Å²) in [5.74, 6) is 0. The van der Waals surface area contributed by atoms with Crippen LogP contribution in [0, 0.1) is 0 Å². The molecule has 1 aliphatic rings. The first-order valence-corrected chi connectivity index (χ1v) is 5.36. The van der Waals surface area contributed by atoms with Gasteiger partial charge in [0.1, 0.15) is 6.33 Å². The number of rotatable bonds is 2. The van der Waals surface area contributed by atoms with Gasteiger partial charge in [0.25, 0.3) is 0 Å². The summed E-state index contributed by atoms with van der Waals surface area (Å²) < 4.78 is 4.01. The highest BCUT2D eigenvalue weighted by Gasteiger charge is 2.19. The van der Waals surface area contributed by atoms with Crippen LogP contribution < -0.4 is 10.2 Å². The van der Waals surface area contributed by atoms with Gasteiger partial charge in [-0.1, -0.05) is 0 Å². The van der Waals surface area contributed by atoms with Crippen molar-refractivity contribution in [1.29, 1.82) is 0 Å². The highest BCUT2D eigenvalue weighted by molar-refractivity contribution is 7.09. The Labute approximate surface area is 82.1 Å². The summed E-state index contributed by atoms with van der Waals surface area (Å²) >= 11 is 1.48. The van der Waals surface area contributed by atoms with Gasteiger partial charge in [-0.25, -0.2) is 4.98 Å². The first-order chi connectivity index (χ1) is 6.40. The van der Waals surface area contributed by atoms with Gasteiger partial charge in [0, 0.05) is 30.7 Å². The molecule has 4 nitrogen and oxygen atoms in total. The molecule has 1 aromatic rings. The van der Waals surface area contributed by atoms with E-state index in [1.807, 2.05) is 7.05 Å². The van der Waals surface area contributed by atoms with E-state index < -0.39 is 0 Å². The minimum Gasteiger partial charge on any atom is -0.347 e. The zero-order valence-electron chi connectivity index (χ0n) is 7.73. The molecule has 1 aliphatic heterocycles. The van der Waals surface area contributed by atoms with Crippen molar-refractivity contribution < 1.29 is 0 Å². The molecule has 1 N–H and O–H groups in total. The van der Waals surface area contributed by atoms with E-state index in [9.17, 15) is 0 Å². The van der Waals surface area contributed by atoms with Crippen molar-refractivity contribution in [1.82, 2.24) is 14.7 Å². The topological polar surface area (TPSA) is 41.0 Å². The molecule has 0 spiro atoms. The maximum atomic E-state index is 4.20. The van der Waals surface area contributed by atoms with Gasteiger partial charge in [-0.2, -0.15) is 4.37 Å². The third-order valence-corrected chi connectivity index (χ3v) is 3.25. The van der Waals surface area contributed by atoms with Crippen LogP contribution in [0.5, 0.6) is 0 Å². The molecule has 1 aromatic heterocycles. The quantitative estimate of drug-likeness (QED) is 0.760. The maximum Gasteiger partial charge on any atom is 0.204 e. The van der Waals surface area contributed by atoms with Crippen LogP contribution in [0.2, 0.25) is 0 Å². The highest BCUT2D eigenvalue weighted by atomic mass is 32.1.